The molecule has 0 bridgehead atoms. The smallest absolute Gasteiger partial charge is 0.231 e. The van der Waals surface area contributed by atoms with Gasteiger partial charge in [0.25, 0.3) is 0 Å². The zero-order valence-electron chi connectivity index (χ0n) is 8.23. The van der Waals surface area contributed by atoms with Gasteiger partial charge in [0.2, 0.25) is 5.91 Å². The van der Waals surface area contributed by atoms with Crippen LogP contribution in [-0.4, -0.2) is 10.5 Å². The Hall–Kier alpha value is -1.57. The van der Waals surface area contributed by atoms with E-state index in [1.54, 1.807) is 4.57 Å². The molecule has 0 radical (unpaired) electrons. The minimum atomic E-state index is 0.175. The normalized spacial score (nSPS) is 10.6. The van der Waals surface area contributed by atoms with E-state index in [9.17, 15) is 4.79 Å². The molecule has 1 aromatic heterocycles. The van der Waals surface area contributed by atoms with Crippen molar-refractivity contribution in [3.63, 3.8) is 0 Å². The lowest BCUT2D eigenvalue weighted by molar-refractivity contribution is 0.0907. The van der Waals surface area contributed by atoms with Gasteiger partial charge in [-0.3, -0.25) is 9.36 Å². The SMILES string of the molecule is CCCC(=O)n1ccc2ccccc21. The molecule has 2 rings (SSSR count). The average Bonchev–Trinajstić information content (AvgIpc) is 2.61. The molecule has 0 fully saturated rings. The summed E-state index contributed by atoms with van der Waals surface area (Å²) in [4.78, 5) is 11.7. The van der Waals surface area contributed by atoms with E-state index in [0.717, 1.165) is 17.3 Å². The van der Waals surface area contributed by atoms with Crippen LogP contribution in [0.3, 0.4) is 0 Å². The Morgan fingerprint density at radius 3 is 2.86 bits per heavy atom. The van der Waals surface area contributed by atoms with Gasteiger partial charge in [0.15, 0.2) is 0 Å². The Bertz CT molecular complexity index is 456. The van der Waals surface area contributed by atoms with Crippen LogP contribution in [0.2, 0.25) is 0 Å². The Balaban J connectivity index is 2.47. The summed E-state index contributed by atoms with van der Waals surface area (Å²) < 4.78 is 1.73. The largest absolute Gasteiger partial charge is 0.287 e. The van der Waals surface area contributed by atoms with Crippen LogP contribution < -0.4 is 0 Å². The van der Waals surface area contributed by atoms with Gasteiger partial charge in [-0.25, -0.2) is 0 Å². The molecule has 1 aromatic carbocycles. The Labute approximate surface area is 83.2 Å². The van der Waals surface area contributed by atoms with Crippen molar-refractivity contribution < 1.29 is 4.79 Å². The molecular weight excluding hydrogens is 174 g/mol. The monoisotopic (exact) mass is 187 g/mol. The first-order valence-corrected chi connectivity index (χ1v) is 4.92. The molecule has 0 aliphatic heterocycles. The second-order valence-electron chi connectivity index (χ2n) is 3.39. The Kier molecular flexibility index (Phi) is 2.35. The minimum absolute atomic E-state index is 0.175. The van der Waals surface area contributed by atoms with E-state index in [0.29, 0.717) is 6.42 Å². The van der Waals surface area contributed by atoms with E-state index in [2.05, 4.69) is 0 Å². The Morgan fingerprint density at radius 1 is 1.29 bits per heavy atom. The van der Waals surface area contributed by atoms with Crippen LogP contribution in [0.4, 0.5) is 0 Å². The van der Waals surface area contributed by atoms with Crippen molar-refractivity contribution >= 4 is 16.8 Å². The Morgan fingerprint density at radius 2 is 2.07 bits per heavy atom. The summed E-state index contributed by atoms with van der Waals surface area (Å²) in [5, 5.41) is 1.12. The van der Waals surface area contributed by atoms with Gasteiger partial charge in [-0.2, -0.15) is 0 Å². The van der Waals surface area contributed by atoms with Gasteiger partial charge < -0.3 is 0 Å². The number of hydrogen-bond donors (Lipinski definition) is 0. The second-order valence-corrected chi connectivity index (χ2v) is 3.39. The molecule has 0 saturated heterocycles. The molecule has 2 aromatic rings. The first-order chi connectivity index (χ1) is 6.83. The summed E-state index contributed by atoms with van der Waals surface area (Å²) in [6.45, 7) is 2.02. The maximum Gasteiger partial charge on any atom is 0.231 e. The molecule has 0 aliphatic rings. The predicted molar refractivity (Wildman–Crippen MR) is 57.5 cm³/mol. The van der Waals surface area contributed by atoms with Crippen LogP contribution in [0.1, 0.15) is 24.6 Å². The number of benzene rings is 1. The van der Waals surface area contributed by atoms with Gasteiger partial charge in [-0.15, -0.1) is 0 Å². The molecule has 0 atom stereocenters. The van der Waals surface area contributed by atoms with E-state index in [1.807, 2.05) is 43.5 Å². The molecule has 1 heterocycles. The highest BCUT2D eigenvalue weighted by Crippen LogP contribution is 2.15. The highest BCUT2D eigenvalue weighted by Gasteiger charge is 2.06. The van der Waals surface area contributed by atoms with Crippen LogP contribution in [0.5, 0.6) is 0 Å². The second kappa shape index (κ2) is 3.66. The number of fused-ring (bicyclic) bond motifs is 1. The van der Waals surface area contributed by atoms with E-state index in [1.165, 1.54) is 0 Å². The van der Waals surface area contributed by atoms with Crippen molar-refractivity contribution in [2.75, 3.05) is 0 Å². The average molecular weight is 187 g/mol. The van der Waals surface area contributed by atoms with Gasteiger partial charge in [0.1, 0.15) is 0 Å². The van der Waals surface area contributed by atoms with Crippen LogP contribution in [0.15, 0.2) is 36.5 Å². The van der Waals surface area contributed by atoms with Crippen LogP contribution >= 0.6 is 0 Å². The summed E-state index contributed by atoms with van der Waals surface area (Å²) in [5.41, 5.74) is 1.01. The number of carbonyl (C=O) groups is 1. The molecule has 0 spiro atoms. The van der Waals surface area contributed by atoms with Crippen LogP contribution in [0.25, 0.3) is 10.9 Å². The lowest BCUT2D eigenvalue weighted by Crippen LogP contribution is -2.07. The zero-order chi connectivity index (χ0) is 9.97. The molecule has 0 saturated carbocycles. The third kappa shape index (κ3) is 1.43. The maximum atomic E-state index is 11.7. The summed E-state index contributed by atoms with van der Waals surface area (Å²) in [5.74, 6) is 0.175. The lowest BCUT2D eigenvalue weighted by Gasteiger charge is -2.01. The van der Waals surface area contributed by atoms with Crippen LogP contribution in [0, 0.1) is 0 Å². The van der Waals surface area contributed by atoms with E-state index in [4.69, 9.17) is 0 Å². The predicted octanol–water partition coefficient (Wildman–Crippen LogP) is 3.08. The van der Waals surface area contributed by atoms with Crippen molar-refractivity contribution in [2.24, 2.45) is 0 Å². The third-order valence-corrected chi connectivity index (χ3v) is 2.33. The number of nitrogens with zero attached hydrogens (tertiary/aromatic N) is 1. The van der Waals surface area contributed by atoms with E-state index < -0.39 is 0 Å². The number of para-hydroxylation sites is 1. The zero-order valence-corrected chi connectivity index (χ0v) is 8.23. The summed E-state index contributed by atoms with van der Waals surface area (Å²) >= 11 is 0. The topological polar surface area (TPSA) is 22.0 Å². The maximum absolute atomic E-state index is 11.7. The van der Waals surface area contributed by atoms with Gasteiger partial charge in [0, 0.05) is 18.0 Å². The molecule has 0 amide bonds. The molecule has 0 aliphatic carbocycles. The van der Waals surface area contributed by atoms with E-state index in [-0.39, 0.29) is 5.91 Å². The third-order valence-electron chi connectivity index (χ3n) is 2.33. The van der Waals surface area contributed by atoms with Gasteiger partial charge in [-0.1, -0.05) is 25.1 Å². The summed E-state index contributed by atoms with van der Waals surface area (Å²) in [7, 11) is 0. The summed E-state index contributed by atoms with van der Waals surface area (Å²) in [6.07, 6.45) is 3.35. The molecule has 0 unspecified atom stereocenters. The fourth-order valence-corrected chi connectivity index (χ4v) is 1.63. The summed E-state index contributed by atoms with van der Waals surface area (Å²) in [6, 6.07) is 9.91. The first kappa shape index (κ1) is 9.00. The van der Waals surface area contributed by atoms with Crippen molar-refractivity contribution in [2.45, 2.75) is 19.8 Å². The van der Waals surface area contributed by atoms with Gasteiger partial charge in [-0.05, 0) is 18.6 Å². The lowest BCUT2D eigenvalue weighted by atomic mass is 10.2. The van der Waals surface area contributed by atoms with Gasteiger partial charge in [0.05, 0.1) is 5.52 Å². The van der Waals surface area contributed by atoms with Crippen molar-refractivity contribution in [3.05, 3.63) is 36.5 Å². The fraction of sp³-hybridized carbons (Fsp3) is 0.250. The highest BCUT2D eigenvalue weighted by atomic mass is 16.1. The van der Waals surface area contributed by atoms with Crippen molar-refractivity contribution in [1.82, 2.24) is 4.57 Å². The van der Waals surface area contributed by atoms with Crippen molar-refractivity contribution in [1.29, 1.82) is 0 Å². The molecule has 2 nitrogen and oxygen atoms in total. The highest BCUT2D eigenvalue weighted by molar-refractivity contribution is 5.92. The minimum Gasteiger partial charge on any atom is -0.287 e. The first-order valence-electron chi connectivity index (χ1n) is 4.92. The molecule has 2 heteroatoms. The molecule has 14 heavy (non-hydrogen) atoms. The van der Waals surface area contributed by atoms with E-state index >= 15 is 0 Å². The van der Waals surface area contributed by atoms with Crippen molar-refractivity contribution in [3.8, 4) is 0 Å². The molecular formula is C12H13NO. The number of carbonyl (C=O) groups excluding carboxylic acids is 1. The number of rotatable bonds is 2. The standard InChI is InChI=1S/C12H13NO/c1-2-5-12(14)13-9-8-10-6-3-4-7-11(10)13/h3-4,6-9H,2,5H2,1H3. The fourth-order valence-electron chi connectivity index (χ4n) is 1.63. The molecule has 72 valence electrons. The van der Waals surface area contributed by atoms with Gasteiger partial charge >= 0.3 is 0 Å². The number of aromatic nitrogens is 1. The number of hydrogen-bond acceptors (Lipinski definition) is 1. The molecule has 0 N–H and O–H groups in total. The quantitative estimate of drug-likeness (QED) is 0.708. The van der Waals surface area contributed by atoms with Crippen LogP contribution in [-0.2, 0) is 0 Å².